The van der Waals surface area contributed by atoms with Crippen LogP contribution in [0.3, 0.4) is 0 Å². The second-order valence-electron chi connectivity index (χ2n) is 4.85. The summed E-state index contributed by atoms with van der Waals surface area (Å²) in [5.74, 6) is 0.613. The molecule has 0 aliphatic heterocycles. The van der Waals surface area contributed by atoms with E-state index in [1.807, 2.05) is 32.0 Å². The number of aromatic nitrogens is 1. The van der Waals surface area contributed by atoms with Gasteiger partial charge in [-0.25, -0.2) is 0 Å². The zero-order valence-electron chi connectivity index (χ0n) is 11.8. The molecule has 0 aliphatic carbocycles. The molecule has 106 valence electrons. The van der Waals surface area contributed by atoms with Crippen LogP contribution < -0.4 is 5.32 Å². The molecule has 1 heterocycles. The Balaban J connectivity index is 1.96. The molecule has 2 aromatic rings. The SMILES string of the molecule is Cc1ccc(CNC(=O)Cc2c(C)noc2C)c(Cl)c1. The minimum atomic E-state index is -0.0731. The summed E-state index contributed by atoms with van der Waals surface area (Å²) in [5, 5.41) is 7.36. The van der Waals surface area contributed by atoms with Crippen LogP contribution in [0.25, 0.3) is 0 Å². The summed E-state index contributed by atoms with van der Waals surface area (Å²) >= 11 is 6.13. The van der Waals surface area contributed by atoms with Gasteiger partial charge in [-0.15, -0.1) is 0 Å². The Bertz CT molecular complexity index is 615. The van der Waals surface area contributed by atoms with E-state index in [-0.39, 0.29) is 12.3 Å². The minimum Gasteiger partial charge on any atom is -0.361 e. The highest BCUT2D eigenvalue weighted by Gasteiger charge is 2.13. The van der Waals surface area contributed by atoms with Crippen LogP contribution in [0.15, 0.2) is 22.7 Å². The average Bonchev–Trinajstić information content (AvgIpc) is 2.69. The van der Waals surface area contributed by atoms with Gasteiger partial charge in [-0.1, -0.05) is 28.9 Å². The molecule has 5 heteroatoms. The third kappa shape index (κ3) is 3.39. The van der Waals surface area contributed by atoms with Crippen molar-refractivity contribution in [2.24, 2.45) is 0 Å². The van der Waals surface area contributed by atoms with Gasteiger partial charge in [-0.05, 0) is 38.0 Å². The molecule has 0 saturated heterocycles. The van der Waals surface area contributed by atoms with Crippen LogP contribution in [0.4, 0.5) is 0 Å². The molecule has 0 fully saturated rings. The fraction of sp³-hybridized carbons (Fsp3) is 0.333. The largest absolute Gasteiger partial charge is 0.361 e. The Morgan fingerprint density at radius 3 is 2.70 bits per heavy atom. The number of amides is 1. The van der Waals surface area contributed by atoms with E-state index in [4.69, 9.17) is 16.1 Å². The van der Waals surface area contributed by atoms with Crippen molar-refractivity contribution in [3.8, 4) is 0 Å². The van der Waals surface area contributed by atoms with Crippen molar-refractivity contribution in [2.75, 3.05) is 0 Å². The molecule has 0 unspecified atom stereocenters. The van der Waals surface area contributed by atoms with Gasteiger partial charge in [0.05, 0.1) is 12.1 Å². The summed E-state index contributed by atoms with van der Waals surface area (Å²) in [6.07, 6.45) is 0.268. The molecule has 4 nitrogen and oxygen atoms in total. The Morgan fingerprint density at radius 1 is 1.35 bits per heavy atom. The van der Waals surface area contributed by atoms with Crippen molar-refractivity contribution in [3.63, 3.8) is 0 Å². The predicted molar refractivity (Wildman–Crippen MR) is 77.7 cm³/mol. The smallest absolute Gasteiger partial charge is 0.224 e. The van der Waals surface area contributed by atoms with Crippen LogP contribution in [0.5, 0.6) is 0 Å². The molecular formula is C15H17ClN2O2. The Hall–Kier alpha value is -1.81. The van der Waals surface area contributed by atoms with E-state index in [0.717, 1.165) is 22.4 Å². The lowest BCUT2D eigenvalue weighted by atomic mass is 10.1. The monoisotopic (exact) mass is 292 g/mol. The molecule has 1 N–H and O–H groups in total. The van der Waals surface area contributed by atoms with Crippen LogP contribution in [0.2, 0.25) is 5.02 Å². The van der Waals surface area contributed by atoms with Crippen molar-refractivity contribution in [3.05, 3.63) is 51.4 Å². The fourth-order valence-corrected chi connectivity index (χ4v) is 2.27. The van der Waals surface area contributed by atoms with Crippen LogP contribution in [0.1, 0.15) is 28.1 Å². The first-order valence-corrected chi connectivity index (χ1v) is 6.78. The molecule has 2 rings (SSSR count). The minimum absolute atomic E-state index is 0.0731. The first-order chi connectivity index (χ1) is 9.47. The zero-order valence-corrected chi connectivity index (χ0v) is 12.5. The normalized spacial score (nSPS) is 10.6. The topological polar surface area (TPSA) is 55.1 Å². The maximum absolute atomic E-state index is 11.9. The molecule has 0 saturated carbocycles. The van der Waals surface area contributed by atoms with E-state index in [1.165, 1.54) is 0 Å². The number of carbonyl (C=O) groups is 1. The lowest BCUT2D eigenvalue weighted by molar-refractivity contribution is -0.120. The van der Waals surface area contributed by atoms with E-state index < -0.39 is 0 Å². The lowest BCUT2D eigenvalue weighted by Gasteiger charge is -2.07. The second-order valence-corrected chi connectivity index (χ2v) is 5.26. The summed E-state index contributed by atoms with van der Waals surface area (Å²) in [5.41, 5.74) is 3.61. The molecular weight excluding hydrogens is 276 g/mol. The highest BCUT2D eigenvalue weighted by molar-refractivity contribution is 6.31. The number of nitrogens with one attached hydrogen (secondary N) is 1. The van der Waals surface area contributed by atoms with Gasteiger partial charge in [-0.3, -0.25) is 4.79 Å². The van der Waals surface area contributed by atoms with Gasteiger partial charge >= 0.3 is 0 Å². The molecule has 0 bridgehead atoms. The van der Waals surface area contributed by atoms with E-state index in [1.54, 1.807) is 6.92 Å². The van der Waals surface area contributed by atoms with Crippen molar-refractivity contribution < 1.29 is 9.32 Å². The first-order valence-electron chi connectivity index (χ1n) is 6.41. The van der Waals surface area contributed by atoms with Gasteiger partial charge in [-0.2, -0.15) is 0 Å². The van der Waals surface area contributed by atoms with Crippen LogP contribution >= 0.6 is 11.6 Å². The van der Waals surface area contributed by atoms with Gasteiger partial charge in [0, 0.05) is 17.1 Å². The number of benzene rings is 1. The van der Waals surface area contributed by atoms with Crippen molar-refractivity contribution in [1.29, 1.82) is 0 Å². The Labute approximate surface area is 123 Å². The molecule has 0 spiro atoms. The molecule has 0 aliphatic rings. The number of aryl methyl sites for hydroxylation is 3. The predicted octanol–water partition coefficient (Wildman–Crippen LogP) is 3.11. The van der Waals surface area contributed by atoms with Crippen molar-refractivity contribution in [1.82, 2.24) is 10.5 Å². The quantitative estimate of drug-likeness (QED) is 0.942. The summed E-state index contributed by atoms with van der Waals surface area (Å²) < 4.78 is 5.04. The fourth-order valence-electron chi connectivity index (χ4n) is 1.97. The number of nitrogens with zero attached hydrogens (tertiary/aromatic N) is 1. The number of rotatable bonds is 4. The highest BCUT2D eigenvalue weighted by Crippen LogP contribution is 2.17. The first kappa shape index (κ1) is 14.6. The summed E-state index contributed by atoms with van der Waals surface area (Å²) in [6, 6.07) is 5.78. The Kier molecular flexibility index (Phi) is 4.45. The van der Waals surface area contributed by atoms with Gasteiger partial charge in [0.25, 0.3) is 0 Å². The van der Waals surface area contributed by atoms with E-state index >= 15 is 0 Å². The third-order valence-electron chi connectivity index (χ3n) is 3.20. The lowest BCUT2D eigenvalue weighted by Crippen LogP contribution is -2.25. The van der Waals surface area contributed by atoms with Crippen molar-refractivity contribution in [2.45, 2.75) is 33.7 Å². The van der Waals surface area contributed by atoms with Gasteiger partial charge in [0.1, 0.15) is 5.76 Å². The number of carbonyl (C=O) groups excluding carboxylic acids is 1. The van der Waals surface area contributed by atoms with Crippen LogP contribution in [0, 0.1) is 20.8 Å². The zero-order chi connectivity index (χ0) is 14.7. The maximum atomic E-state index is 11.9. The van der Waals surface area contributed by atoms with E-state index in [9.17, 15) is 4.79 Å². The molecule has 1 amide bonds. The molecule has 1 aromatic heterocycles. The summed E-state index contributed by atoms with van der Waals surface area (Å²) in [6.45, 7) is 6.03. The van der Waals surface area contributed by atoms with Gasteiger partial charge < -0.3 is 9.84 Å². The molecule has 1 aromatic carbocycles. The van der Waals surface area contributed by atoms with E-state index in [0.29, 0.717) is 17.3 Å². The van der Waals surface area contributed by atoms with Crippen LogP contribution in [-0.4, -0.2) is 11.1 Å². The number of hydrogen-bond donors (Lipinski definition) is 1. The molecule has 0 radical (unpaired) electrons. The molecule has 0 atom stereocenters. The van der Waals surface area contributed by atoms with Gasteiger partial charge in [0.15, 0.2) is 0 Å². The average molecular weight is 293 g/mol. The summed E-state index contributed by atoms with van der Waals surface area (Å²) in [4.78, 5) is 11.9. The van der Waals surface area contributed by atoms with Crippen molar-refractivity contribution >= 4 is 17.5 Å². The van der Waals surface area contributed by atoms with Gasteiger partial charge in [0.2, 0.25) is 5.91 Å². The summed E-state index contributed by atoms with van der Waals surface area (Å²) in [7, 11) is 0. The maximum Gasteiger partial charge on any atom is 0.224 e. The van der Waals surface area contributed by atoms with E-state index in [2.05, 4.69) is 10.5 Å². The highest BCUT2D eigenvalue weighted by atomic mass is 35.5. The number of halogens is 1. The second kappa shape index (κ2) is 6.09. The van der Waals surface area contributed by atoms with Crippen LogP contribution in [-0.2, 0) is 17.8 Å². The number of hydrogen-bond acceptors (Lipinski definition) is 3. The molecule has 20 heavy (non-hydrogen) atoms. The Morgan fingerprint density at radius 2 is 2.10 bits per heavy atom. The standard InChI is InChI=1S/C15H17ClN2O2/c1-9-4-5-12(14(16)6-9)8-17-15(19)7-13-10(2)18-20-11(13)3/h4-6H,7-8H2,1-3H3,(H,17,19). The third-order valence-corrected chi connectivity index (χ3v) is 3.55.